The van der Waals surface area contributed by atoms with Crippen LogP contribution in [-0.4, -0.2) is 24.2 Å². The second kappa shape index (κ2) is 6.89. The molecule has 0 atom stereocenters. The van der Waals surface area contributed by atoms with E-state index < -0.39 is 5.91 Å². The molecule has 2 aromatic rings. The first-order valence-corrected chi connectivity index (χ1v) is 8.64. The fourth-order valence-electron chi connectivity index (χ4n) is 3.48. The van der Waals surface area contributed by atoms with Gasteiger partial charge in [0.15, 0.2) is 5.76 Å². The van der Waals surface area contributed by atoms with E-state index in [1.807, 2.05) is 24.3 Å². The molecule has 0 fully saturated rings. The van der Waals surface area contributed by atoms with Gasteiger partial charge in [0.2, 0.25) is 0 Å². The second-order valence-electron chi connectivity index (χ2n) is 6.51. The smallest absolute Gasteiger partial charge is 0.259 e. The van der Waals surface area contributed by atoms with Crippen molar-refractivity contribution in [2.45, 2.75) is 13.3 Å². The number of allylic oxidation sites excluding steroid dienone is 1. The number of fused-ring (bicyclic) bond motifs is 1. The number of nitrogens with one attached hydrogen (secondary N) is 1. The van der Waals surface area contributed by atoms with Gasteiger partial charge in [-0.05, 0) is 36.1 Å². The number of anilines is 1. The molecule has 4 rings (SSSR count). The number of phenolic OH excluding ortho intramolecular Hbond substituents is 1. The van der Waals surface area contributed by atoms with Crippen molar-refractivity contribution in [2.75, 3.05) is 18.5 Å². The highest BCUT2D eigenvalue weighted by Gasteiger charge is 2.29. The first-order chi connectivity index (χ1) is 13.1. The molecule has 0 aromatic heterocycles. The predicted octanol–water partition coefficient (Wildman–Crippen LogP) is 4.45. The Kier molecular flexibility index (Phi) is 4.41. The number of hydrogen-bond acceptors (Lipinski definition) is 4. The Hall–Kier alpha value is -3.12. The number of halogens is 1. The number of ether oxygens (including phenoxy) is 1. The van der Waals surface area contributed by atoms with E-state index in [1.54, 1.807) is 6.07 Å². The molecule has 2 aliphatic rings. The SMILES string of the molecule is C/C(OF)=C1\C(=O)Nc2cc(O)c(-c3ccc(C4=CCOCC4)cc3)cc21. The zero-order chi connectivity index (χ0) is 19.0. The van der Waals surface area contributed by atoms with E-state index in [4.69, 9.17) is 4.74 Å². The standard InChI is InChI=1S/C21H18FNO4/c1-12(27-22)20-17-10-16(19(24)11-18(17)23-21(20)25)15-4-2-13(3-5-15)14-6-8-26-9-7-14/h2-6,10-11,24H,7-9H2,1H3,(H,23,25)/b20-12+. The molecule has 1 amide bonds. The summed E-state index contributed by atoms with van der Waals surface area (Å²) < 4.78 is 18.0. The Labute approximate surface area is 155 Å². The maximum atomic E-state index is 12.6. The van der Waals surface area contributed by atoms with Gasteiger partial charge >= 0.3 is 0 Å². The van der Waals surface area contributed by atoms with Crippen LogP contribution in [0.2, 0.25) is 0 Å². The molecule has 27 heavy (non-hydrogen) atoms. The molecule has 138 valence electrons. The monoisotopic (exact) mass is 367 g/mol. The molecule has 2 aliphatic heterocycles. The molecular formula is C21H18FNO4. The Balaban J connectivity index is 1.74. The second-order valence-corrected chi connectivity index (χ2v) is 6.51. The summed E-state index contributed by atoms with van der Waals surface area (Å²) in [6.45, 7) is 2.72. The third-order valence-corrected chi connectivity index (χ3v) is 4.88. The minimum absolute atomic E-state index is 0.0344. The van der Waals surface area contributed by atoms with Gasteiger partial charge in [0.05, 0.1) is 24.5 Å². The van der Waals surface area contributed by atoms with Crippen LogP contribution in [0.5, 0.6) is 5.75 Å². The molecule has 0 unspecified atom stereocenters. The average molecular weight is 367 g/mol. The fourth-order valence-corrected chi connectivity index (χ4v) is 3.48. The number of benzene rings is 2. The molecule has 2 heterocycles. The van der Waals surface area contributed by atoms with E-state index in [2.05, 4.69) is 16.3 Å². The summed E-state index contributed by atoms with van der Waals surface area (Å²) in [6, 6.07) is 11.0. The van der Waals surface area contributed by atoms with Crippen molar-refractivity contribution < 1.29 is 24.1 Å². The molecule has 0 saturated heterocycles. The largest absolute Gasteiger partial charge is 0.507 e. The Morgan fingerprint density at radius 2 is 1.93 bits per heavy atom. The van der Waals surface area contributed by atoms with Crippen molar-refractivity contribution in [3.63, 3.8) is 0 Å². The number of carbonyl (C=O) groups is 1. The molecule has 2 aromatic carbocycles. The lowest BCUT2D eigenvalue weighted by Gasteiger charge is -2.14. The number of carbonyl (C=O) groups excluding carboxylic acids is 1. The van der Waals surface area contributed by atoms with Gasteiger partial charge in [-0.15, -0.1) is 0 Å². The third-order valence-electron chi connectivity index (χ3n) is 4.88. The molecule has 5 nitrogen and oxygen atoms in total. The Morgan fingerprint density at radius 1 is 1.19 bits per heavy atom. The summed E-state index contributed by atoms with van der Waals surface area (Å²) in [5.74, 6) is -0.546. The molecule has 0 aliphatic carbocycles. The van der Waals surface area contributed by atoms with Gasteiger partial charge in [0.25, 0.3) is 5.91 Å². The minimum Gasteiger partial charge on any atom is -0.507 e. The first kappa shape index (κ1) is 17.3. The fraction of sp³-hybridized carbons (Fsp3) is 0.190. The van der Waals surface area contributed by atoms with Gasteiger partial charge in [-0.2, -0.15) is 0 Å². The van der Waals surface area contributed by atoms with Crippen molar-refractivity contribution in [1.29, 1.82) is 0 Å². The minimum atomic E-state index is -0.460. The molecule has 0 bridgehead atoms. The Bertz CT molecular complexity index is 976. The normalized spacial score (nSPS) is 17.9. The van der Waals surface area contributed by atoms with Gasteiger partial charge in [-0.1, -0.05) is 30.3 Å². The van der Waals surface area contributed by atoms with E-state index in [0.717, 1.165) is 17.5 Å². The van der Waals surface area contributed by atoms with E-state index in [9.17, 15) is 14.4 Å². The van der Waals surface area contributed by atoms with Crippen LogP contribution in [0, 0.1) is 0 Å². The van der Waals surface area contributed by atoms with Gasteiger partial charge in [0, 0.05) is 21.7 Å². The van der Waals surface area contributed by atoms with Crippen molar-refractivity contribution >= 4 is 22.7 Å². The summed E-state index contributed by atoms with van der Waals surface area (Å²) in [6.07, 6.45) is 2.94. The molecule has 0 spiro atoms. The number of phenols is 1. The average Bonchev–Trinajstić information content (AvgIpc) is 3.02. The maximum Gasteiger partial charge on any atom is 0.259 e. The maximum absolute atomic E-state index is 12.6. The number of aromatic hydroxyl groups is 1. The predicted molar refractivity (Wildman–Crippen MR) is 100 cm³/mol. The molecule has 6 heteroatoms. The van der Waals surface area contributed by atoms with Gasteiger partial charge in [0.1, 0.15) is 5.75 Å². The summed E-state index contributed by atoms with van der Waals surface area (Å²) in [4.78, 5) is 15.9. The zero-order valence-electron chi connectivity index (χ0n) is 14.7. The van der Waals surface area contributed by atoms with E-state index in [0.29, 0.717) is 30.0 Å². The van der Waals surface area contributed by atoms with Crippen molar-refractivity contribution in [3.05, 3.63) is 59.4 Å². The van der Waals surface area contributed by atoms with Gasteiger partial charge < -0.3 is 15.2 Å². The number of amides is 1. The summed E-state index contributed by atoms with van der Waals surface area (Å²) in [5, 5.41) is 13.0. The Morgan fingerprint density at radius 3 is 2.59 bits per heavy atom. The quantitative estimate of drug-likeness (QED) is 0.621. The van der Waals surface area contributed by atoms with Gasteiger partial charge in [-0.25, -0.2) is 0 Å². The first-order valence-electron chi connectivity index (χ1n) is 8.64. The van der Waals surface area contributed by atoms with Crippen LogP contribution in [0.4, 0.5) is 10.2 Å². The lowest BCUT2D eigenvalue weighted by molar-refractivity contribution is -0.112. The van der Waals surface area contributed by atoms with Crippen LogP contribution in [0.3, 0.4) is 0 Å². The van der Waals surface area contributed by atoms with Crippen molar-refractivity contribution in [2.24, 2.45) is 0 Å². The molecular weight excluding hydrogens is 349 g/mol. The van der Waals surface area contributed by atoms with Crippen LogP contribution in [-0.2, 0) is 14.5 Å². The highest BCUT2D eigenvalue weighted by molar-refractivity contribution is 6.32. The van der Waals surface area contributed by atoms with Crippen molar-refractivity contribution in [3.8, 4) is 16.9 Å². The summed E-state index contributed by atoms with van der Waals surface area (Å²) in [7, 11) is 0. The van der Waals surface area contributed by atoms with Crippen LogP contribution in [0.25, 0.3) is 22.3 Å². The molecule has 2 N–H and O–H groups in total. The summed E-state index contributed by atoms with van der Waals surface area (Å²) >= 11 is 0. The third kappa shape index (κ3) is 3.08. The van der Waals surface area contributed by atoms with Crippen molar-refractivity contribution in [1.82, 2.24) is 0 Å². The topological polar surface area (TPSA) is 67.8 Å². The van der Waals surface area contributed by atoms with E-state index in [1.165, 1.54) is 18.6 Å². The molecule has 0 radical (unpaired) electrons. The summed E-state index contributed by atoms with van der Waals surface area (Å²) in [5.41, 5.74) is 4.75. The number of rotatable bonds is 3. The number of hydrogen-bond donors (Lipinski definition) is 2. The van der Waals surface area contributed by atoms with E-state index >= 15 is 0 Å². The highest BCUT2D eigenvalue weighted by atomic mass is 19.3. The van der Waals surface area contributed by atoms with Crippen LogP contribution in [0.15, 0.2) is 48.2 Å². The van der Waals surface area contributed by atoms with Crippen LogP contribution >= 0.6 is 0 Å². The molecule has 0 saturated carbocycles. The highest BCUT2D eigenvalue weighted by Crippen LogP contribution is 2.42. The lowest BCUT2D eigenvalue weighted by Crippen LogP contribution is -2.05. The zero-order valence-corrected chi connectivity index (χ0v) is 14.7. The van der Waals surface area contributed by atoms with Crippen LogP contribution < -0.4 is 5.32 Å². The lowest BCUT2D eigenvalue weighted by atomic mass is 9.95. The van der Waals surface area contributed by atoms with E-state index in [-0.39, 0.29) is 17.1 Å². The van der Waals surface area contributed by atoms with Gasteiger partial charge in [-0.3, -0.25) is 9.74 Å². The van der Waals surface area contributed by atoms with Crippen LogP contribution in [0.1, 0.15) is 24.5 Å².